The van der Waals surface area contributed by atoms with E-state index in [0.717, 1.165) is 0 Å². The molecule has 1 rings (SSSR count). The van der Waals surface area contributed by atoms with E-state index in [9.17, 15) is 9.90 Å². The number of aliphatic hydroxyl groups is 2. The highest BCUT2D eigenvalue weighted by Gasteiger charge is 2.33. The van der Waals surface area contributed by atoms with Gasteiger partial charge in [0, 0.05) is 13.5 Å². The maximum absolute atomic E-state index is 10.6. The van der Waals surface area contributed by atoms with E-state index in [4.69, 9.17) is 5.11 Å². The second-order valence-corrected chi connectivity index (χ2v) is 2.99. The molecule has 70 valence electrons. The van der Waals surface area contributed by atoms with Crippen molar-refractivity contribution in [2.75, 3.05) is 13.2 Å². The third-order valence-corrected chi connectivity index (χ3v) is 2.01. The molecule has 0 spiro atoms. The molecule has 1 aliphatic heterocycles. The Morgan fingerprint density at radius 1 is 1.75 bits per heavy atom. The zero-order chi connectivity index (χ0) is 9.14. The van der Waals surface area contributed by atoms with Gasteiger partial charge in [-0.25, -0.2) is 0 Å². The highest BCUT2D eigenvalue weighted by molar-refractivity contribution is 5.73. The van der Waals surface area contributed by atoms with Gasteiger partial charge in [0.25, 0.3) is 0 Å². The summed E-state index contributed by atoms with van der Waals surface area (Å²) in [4.78, 5) is 10.6. The molecular weight excluding hydrogens is 160 g/mol. The van der Waals surface area contributed by atoms with E-state index in [1.807, 2.05) is 0 Å². The zero-order valence-electron chi connectivity index (χ0n) is 6.95. The molecule has 0 aliphatic carbocycles. The van der Waals surface area contributed by atoms with E-state index >= 15 is 0 Å². The summed E-state index contributed by atoms with van der Waals surface area (Å²) in [5, 5.41) is 23.7. The standard InChI is InChI=1S/C7H14N2O3/c1-4(11)9-5-2-8-6(3-10)7(5)12/h5-8,10,12H,2-3H2,1H3,(H,9,11)/t5-,6-,7+/m0/s1. The molecule has 0 radical (unpaired) electrons. The van der Waals surface area contributed by atoms with Gasteiger partial charge in [-0.1, -0.05) is 0 Å². The molecule has 3 atom stereocenters. The van der Waals surface area contributed by atoms with Crippen LogP contribution in [0.5, 0.6) is 0 Å². The molecule has 4 N–H and O–H groups in total. The van der Waals surface area contributed by atoms with Crippen LogP contribution in [0.25, 0.3) is 0 Å². The Morgan fingerprint density at radius 2 is 2.42 bits per heavy atom. The molecule has 0 saturated carbocycles. The van der Waals surface area contributed by atoms with E-state index in [1.54, 1.807) is 0 Å². The fraction of sp³-hybridized carbons (Fsp3) is 0.857. The fourth-order valence-electron chi connectivity index (χ4n) is 1.37. The zero-order valence-corrected chi connectivity index (χ0v) is 6.95. The van der Waals surface area contributed by atoms with Crippen molar-refractivity contribution in [1.82, 2.24) is 10.6 Å². The summed E-state index contributed by atoms with van der Waals surface area (Å²) < 4.78 is 0. The predicted octanol–water partition coefficient (Wildman–Crippen LogP) is -2.18. The monoisotopic (exact) mass is 174 g/mol. The lowest BCUT2D eigenvalue weighted by atomic mass is 10.1. The lowest BCUT2D eigenvalue weighted by Gasteiger charge is -2.17. The van der Waals surface area contributed by atoms with Crippen molar-refractivity contribution in [3.63, 3.8) is 0 Å². The number of hydrogen-bond acceptors (Lipinski definition) is 4. The molecule has 0 aromatic rings. The SMILES string of the molecule is CC(=O)N[C@H]1CN[C@@H](CO)[C@@H]1O. The Morgan fingerprint density at radius 3 is 2.83 bits per heavy atom. The first kappa shape index (κ1) is 9.44. The second kappa shape index (κ2) is 3.84. The van der Waals surface area contributed by atoms with Crippen LogP contribution in [-0.4, -0.2) is 47.5 Å². The average Bonchev–Trinajstić information content (AvgIpc) is 2.32. The Balaban J connectivity index is 2.43. The van der Waals surface area contributed by atoms with Crippen LogP contribution in [0, 0.1) is 0 Å². The van der Waals surface area contributed by atoms with Crippen LogP contribution >= 0.6 is 0 Å². The van der Waals surface area contributed by atoms with E-state index in [-0.39, 0.29) is 24.6 Å². The number of rotatable bonds is 2. The molecule has 5 heteroatoms. The van der Waals surface area contributed by atoms with Gasteiger partial charge in [-0.05, 0) is 0 Å². The first-order valence-corrected chi connectivity index (χ1v) is 3.94. The molecule has 1 fully saturated rings. The van der Waals surface area contributed by atoms with Crippen molar-refractivity contribution < 1.29 is 15.0 Å². The number of nitrogens with one attached hydrogen (secondary N) is 2. The second-order valence-electron chi connectivity index (χ2n) is 2.99. The van der Waals surface area contributed by atoms with Gasteiger partial charge in [0.1, 0.15) is 0 Å². The quantitative estimate of drug-likeness (QED) is 0.383. The van der Waals surface area contributed by atoms with Crippen LogP contribution in [0.2, 0.25) is 0 Å². The van der Waals surface area contributed by atoms with Gasteiger partial charge in [0.15, 0.2) is 0 Å². The summed E-state index contributed by atoms with van der Waals surface area (Å²) in [5.41, 5.74) is 0. The molecule has 12 heavy (non-hydrogen) atoms. The van der Waals surface area contributed by atoms with Crippen molar-refractivity contribution in [3.8, 4) is 0 Å². The van der Waals surface area contributed by atoms with Gasteiger partial charge in [0.2, 0.25) is 5.91 Å². The van der Waals surface area contributed by atoms with Gasteiger partial charge >= 0.3 is 0 Å². The predicted molar refractivity (Wildman–Crippen MR) is 42.5 cm³/mol. The lowest BCUT2D eigenvalue weighted by Crippen LogP contribution is -2.44. The normalized spacial score (nSPS) is 35.1. The summed E-state index contributed by atoms with van der Waals surface area (Å²) in [6.45, 7) is 1.79. The third-order valence-electron chi connectivity index (χ3n) is 2.01. The summed E-state index contributed by atoms with van der Waals surface area (Å²) in [6, 6.07) is -0.596. The average molecular weight is 174 g/mol. The molecular formula is C7H14N2O3. The van der Waals surface area contributed by atoms with Crippen LogP contribution < -0.4 is 10.6 Å². The number of carbonyl (C=O) groups excluding carboxylic acids is 1. The Hall–Kier alpha value is -0.650. The van der Waals surface area contributed by atoms with Crippen LogP contribution in [0.3, 0.4) is 0 Å². The fourth-order valence-corrected chi connectivity index (χ4v) is 1.37. The van der Waals surface area contributed by atoms with Crippen LogP contribution in [0.1, 0.15) is 6.92 Å². The minimum Gasteiger partial charge on any atom is -0.395 e. The van der Waals surface area contributed by atoms with E-state index in [0.29, 0.717) is 6.54 Å². The summed E-state index contributed by atoms with van der Waals surface area (Å²) in [7, 11) is 0. The smallest absolute Gasteiger partial charge is 0.217 e. The van der Waals surface area contributed by atoms with E-state index in [1.165, 1.54) is 6.92 Å². The maximum atomic E-state index is 10.6. The summed E-state index contributed by atoms with van der Waals surface area (Å²) >= 11 is 0. The van der Waals surface area contributed by atoms with Gasteiger partial charge in [-0.15, -0.1) is 0 Å². The molecule has 5 nitrogen and oxygen atoms in total. The molecule has 1 saturated heterocycles. The highest BCUT2D eigenvalue weighted by Crippen LogP contribution is 2.06. The number of hydrogen-bond donors (Lipinski definition) is 4. The van der Waals surface area contributed by atoms with Gasteiger partial charge < -0.3 is 20.8 Å². The Labute approximate surface area is 70.8 Å². The van der Waals surface area contributed by atoms with Crippen molar-refractivity contribution >= 4 is 5.91 Å². The largest absolute Gasteiger partial charge is 0.395 e. The van der Waals surface area contributed by atoms with E-state index in [2.05, 4.69) is 10.6 Å². The third kappa shape index (κ3) is 1.94. The van der Waals surface area contributed by atoms with Crippen molar-refractivity contribution in [3.05, 3.63) is 0 Å². The molecule has 1 amide bonds. The number of aliphatic hydroxyl groups excluding tert-OH is 2. The van der Waals surface area contributed by atoms with Crippen molar-refractivity contribution in [2.24, 2.45) is 0 Å². The van der Waals surface area contributed by atoms with Crippen LogP contribution in [0.15, 0.2) is 0 Å². The minimum atomic E-state index is -0.695. The molecule has 1 heterocycles. The van der Waals surface area contributed by atoms with Crippen molar-refractivity contribution in [2.45, 2.75) is 25.1 Å². The molecule has 0 aromatic carbocycles. The molecule has 0 unspecified atom stereocenters. The number of amides is 1. The lowest BCUT2D eigenvalue weighted by molar-refractivity contribution is -0.120. The van der Waals surface area contributed by atoms with Gasteiger partial charge in [-0.2, -0.15) is 0 Å². The van der Waals surface area contributed by atoms with E-state index < -0.39 is 6.10 Å². The maximum Gasteiger partial charge on any atom is 0.217 e. The topological polar surface area (TPSA) is 81.6 Å². The van der Waals surface area contributed by atoms with Crippen LogP contribution in [-0.2, 0) is 4.79 Å². The van der Waals surface area contributed by atoms with Gasteiger partial charge in [0.05, 0.1) is 24.8 Å². The number of carbonyl (C=O) groups is 1. The first-order chi connectivity index (χ1) is 5.65. The minimum absolute atomic E-state index is 0.114. The summed E-state index contributed by atoms with van der Waals surface area (Å²) in [5.74, 6) is -0.167. The van der Waals surface area contributed by atoms with Crippen molar-refractivity contribution in [1.29, 1.82) is 0 Å². The Bertz CT molecular complexity index is 174. The molecule has 1 aliphatic rings. The van der Waals surface area contributed by atoms with Gasteiger partial charge in [-0.3, -0.25) is 4.79 Å². The summed E-state index contributed by atoms with van der Waals surface area (Å²) in [6.07, 6.45) is -0.695. The van der Waals surface area contributed by atoms with Crippen LogP contribution in [0.4, 0.5) is 0 Å². The Kier molecular flexibility index (Phi) is 3.02. The molecule has 0 aromatic heterocycles. The first-order valence-electron chi connectivity index (χ1n) is 3.94. The highest BCUT2D eigenvalue weighted by atomic mass is 16.3. The molecule has 0 bridgehead atoms.